The fourth-order valence-corrected chi connectivity index (χ4v) is 2.17. The maximum Gasteiger partial charge on any atom is 0.155 e. The standard InChI is InChI=1S/C11H14N4S/c1-8(2)16-9-7-14-15(11(9)12)10-5-3-4-6-13-10/h3-8H,12H2,1-2H3. The van der Waals surface area contributed by atoms with Crippen molar-refractivity contribution in [2.45, 2.75) is 24.0 Å². The second kappa shape index (κ2) is 4.57. The molecule has 2 aromatic heterocycles. The quantitative estimate of drug-likeness (QED) is 0.828. The molecular formula is C11H14N4S. The highest BCUT2D eigenvalue weighted by Crippen LogP contribution is 2.29. The summed E-state index contributed by atoms with van der Waals surface area (Å²) in [4.78, 5) is 5.21. The topological polar surface area (TPSA) is 56.7 Å². The molecule has 0 aliphatic heterocycles. The molecule has 0 saturated heterocycles. The molecule has 0 bridgehead atoms. The highest BCUT2D eigenvalue weighted by atomic mass is 32.2. The highest BCUT2D eigenvalue weighted by molar-refractivity contribution is 8.00. The van der Waals surface area contributed by atoms with Gasteiger partial charge in [0.05, 0.1) is 11.1 Å². The molecule has 0 atom stereocenters. The molecule has 0 unspecified atom stereocenters. The van der Waals surface area contributed by atoms with E-state index in [4.69, 9.17) is 5.73 Å². The molecule has 5 heteroatoms. The first-order valence-corrected chi connectivity index (χ1v) is 5.98. The molecule has 0 amide bonds. The van der Waals surface area contributed by atoms with Gasteiger partial charge in [-0.05, 0) is 12.1 Å². The van der Waals surface area contributed by atoms with Gasteiger partial charge in [-0.15, -0.1) is 11.8 Å². The summed E-state index contributed by atoms with van der Waals surface area (Å²) >= 11 is 1.70. The van der Waals surface area contributed by atoms with Gasteiger partial charge in [0.25, 0.3) is 0 Å². The van der Waals surface area contributed by atoms with Crippen LogP contribution in [-0.2, 0) is 0 Å². The lowest BCUT2D eigenvalue weighted by Gasteiger charge is -2.05. The van der Waals surface area contributed by atoms with Gasteiger partial charge in [0.15, 0.2) is 5.82 Å². The highest BCUT2D eigenvalue weighted by Gasteiger charge is 2.11. The summed E-state index contributed by atoms with van der Waals surface area (Å²) in [6, 6.07) is 5.67. The first kappa shape index (κ1) is 11.0. The summed E-state index contributed by atoms with van der Waals surface area (Å²) in [5.74, 6) is 1.40. The molecule has 0 aromatic carbocycles. The van der Waals surface area contributed by atoms with Crippen LogP contribution in [0.2, 0.25) is 0 Å². The molecule has 0 fully saturated rings. The Labute approximate surface area is 98.9 Å². The van der Waals surface area contributed by atoms with Crippen LogP contribution >= 0.6 is 11.8 Å². The average Bonchev–Trinajstić information content (AvgIpc) is 2.61. The first-order chi connectivity index (χ1) is 7.68. The Hall–Kier alpha value is -1.49. The Morgan fingerprint density at radius 3 is 2.81 bits per heavy atom. The Morgan fingerprint density at radius 1 is 1.38 bits per heavy atom. The second-order valence-corrected chi connectivity index (χ2v) is 5.28. The second-order valence-electron chi connectivity index (χ2n) is 3.66. The third-order valence-electron chi connectivity index (χ3n) is 2.00. The van der Waals surface area contributed by atoms with Gasteiger partial charge in [0, 0.05) is 11.4 Å². The van der Waals surface area contributed by atoms with E-state index < -0.39 is 0 Å². The zero-order valence-corrected chi connectivity index (χ0v) is 10.1. The Kier molecular flexibility index (Phi) is 3.14. The molecular weight excluding hydrogens is 220 g/mol. The third kappa shape index (κ3) is 2.19. The monoisotopic (exact) mass is 234 g/mol. The molecule has 2 rings (SSSR count). The predicted molar refractivity (Wildman–Crippen MR) is 66.8 cm³/mol. The van der Waals surface area contributed by atoms with E-state index in [-0.39, 0.29) is 0 Å². The molecule has 4 nitrogen and oxygen atoms in total. The van der Waals surface area contributed by atoms with Gasteiger partial charge in [0.1, 0.15) is 5.82 Å². The number of pyridine rings is 1. The van der Waals surface area contributed by atoms with Crippen LogP contribution in [0.25, 0.3) is 5.82 Å². The van der Waals surface area contributed by atoms with Crippen molar-refractivity contribution in [2.75, 3.05) is 5.73 Å². The fourth-order valence-electron chi connectivity index (χ4n) is 1.35. The molecule has 0 aliphatic carbocycles. The molecule has 0 saturated carbocycles. The minimum Gasteiger partial charge on any atom is -0.383 e. The summed E-state index contributed by atoms with van der Waals surface area (Å²) in [5, 5.41) is 4.74. The number of nitrogens with zero attached hydrogens (tertiary/aromatic N) is 3. The van der Waals surface area contributed by atoms with E-state index in [1.54, 1.807) is 28.8 Å². The summed E-state index contributed by atoms with van der Waals surface area (Å²) in [5.41, 5.74) is 6.02. The lowest BCUT2D eigenvalue weighted by molar-refractivity contribution is 0.857. The van der Waals surface area contributed by atoms with Crippen molar-refractivity contribution in [3.05, 3.63) is 30.6 Å². The van der Waals surface area contributed by atoms with E-state index in [9.17, 15) is 0 Å². The van der Waals surface area contributed by atoms with Crippen molar-refractivity contribution in [3.8, 4) is 5.82 Å². The molecule has 0 radical (unpaired) electrons. The van der Waals surface area contributed by atoms with Gasteiger partial charge in [-0.25, -0.2) is 4.98 Å². The number of hydrogen-bond acceptors (Lipinski definition) is 4. The molecule has 2 N–H and O–H groups in total. The molecule has 0 spiro atoms. The van der Waals surface area contributed by atoms with Crippen LogP contribution < -0.4 is 5.73 Å². The van der Waals surface area contributed by atoms with Crippen LogP contribution in [0.5, 0.6) is 0 Å². The van der Waals surface area contributed by atoms with Gasteiger partial charge in [-0.2, -0.15) is 9.78 Å². The van der Waals surface area contributed by atoms with Gasteiger partial charge in [-0.3, -0.25) is 0 Å². The largest absolute Gasteiger partial charge is 0.383 e. The summed E-state index contributed by atoms with van der Waals surface area (Å²) < 4.78 is 1.66. The van der Waals surface area contributed by atoms with E-state index in [0.717, 1.165) is 10.7 Å². The van der Waals surface area contributed by atoms with Crippen LogP contribution in [0.1, 0.15) is 13.8 Å². The zero-order valence-electron chi connectivity index (χ0n) is 9.29. The van der Waals surface area contributed by atoms with Crippen molar-refractivity contribution in [1.29, 1.82) is 0 Å². The van der Waals surface area contributed by atoms with Gasteiger partial charge < -0.3 is 5.73 Å². The number of nitrogen functional groups attached to an aromatic ring is 1. The maximum absolute atomic E-state index is 6.02. The normalized spacial score (nSPS) is 10.9. The van der Waals surface area contributed by atoms with Gasteiger partial charge >= 0.3 is 0 Å². The van der Waals surface area contributed by atoms with E-state index >= 15 is 0 Å². The third-order valence-corrected chi connectivity index (χ3v) is 3.04. The minimum atomic E-state index is 0.490. The minimum absolute atomic E-state index is 0.490. The number of anilines is 1. The lowest BCUT2D eigenvalue weighted by atomic mass is 10.5. The Bertz CT molecular complexity index is 464. The van der Waals surface area contributed by atoms with Crippen LogP contribution in [0, 0.1) is 0 Å². The van der Waals surface area contributed by atoms with Crippen molar-refractivity contribution in [3.63, 3.8) is 0 Å². The molecule has 16 heavy (non-hydrogen) atoms. The smallest absolute Gasteiger partial charge is 0.155 e. The van der Waals surface area contributed by atoms with Crippen molar-refractivity contribution < 1.29 is 0 Å². The fraction of sp³-hybridized carbons (Fsp3) is 0.273. The summed E-state index contributed by atoms with van der Waals surface area (Å²) in [6.45, 7) is 4.25. The number of aromatic nitrogens is 3. The van der Waals surface area contributed by atoms with Crippen LogP contribution in [0.3, 0.4) is 0 Å². The van der Waals surface area contributed by atoms with Crippen molar-refractivity contribution in [1.82, 2.24) is 14.8 Å². The van der Waals surface area contributed by atoms with Gasteiger partial charge in [0.2, 0.25) is 0 Å². The SMILES string of the molecule is CC(C)Sc1cnn(-c2ccccn2)c1N. The van der Waals surface area contributed by atoms with Crippen LogP contribution in [0.4, 0.5) is 5.82 Å². The molecule has 2 heterocycles. The van der Waals surface area contributed by atoms with E-state index in [1.807, 2.05) is 18.2 Å². The number of rotatable bonds is 3. The van der Waals surface area contributed by atoms with Crippen LogP contribution in [-0.4, -0.2) is 20.0 Å². The van der Waals surface area contributed by atoms with Gasteiger partial charge in [-0.1, -0.05) is 19.9 Å². The lowest BCUT2D eigenvalue weighted by Crippen LogP contribution is -2.03. The van der Waals surface area contributed by atoms with E-state index in [2.05, 4.69) is 23.9 Å². The number of hydrogen-bond donors (Lipinski definition) is 1. The van der Waals surface area contributed by atoms with E-state index in [0.29, 0.717) is 11.1 Å². The Balaban J connectivity index is 2.34. The zero-order chi connectivity index (χ0) is 11.5. The number of nitrogens with two attached hydrogens (primary N) is 1. The van der Waals surface area contributed by atoms with Crippen molar-refractivity contribution in [2.24, 2.45) is 0 Å². The van der Waals surface area contributed by atoms with Crippen LogP contribution in [0.15, 0.2) is 35.5 Å². The maximum atomic E-state index is 6.02. The number of thioether (sulfide) groups is 1. The molecule has 2 aromatic rings. The van der Waals surface area contributed by atoms with Crippen molar-refractivity contribution >= 4 is 17.6 Å². The molecule has 84 valence electrons. The average molecular weight is 234 g/mol. The first-order valence-electron chi connectivity index (χ1n) is 5.10. The Morgan fingerprint density at radius 2 is 2.19 bits per heavy atom. The predicted octanol–water partition coefficient (Wildman–Crippen LogP) is 2.35. The summed E-state index contributed by atoms with van der Waals surface area (Å²) in [6.07, 6.45) is 3.51. The summed E-state index contributed by atoms with van der Waals surface area (Å²) in [7, 11) is 0. The van der Waals surface area contributed by atoms with E-state index in [1.165, 1.54) is 0 Å². The molecule has 0 aliphatic rings.